The van der Waals surface area contributed by atoms with Gasteiger partial charge in [0.1, 0.15) is 6.04 Å². The lowest BCUT2D eigenvalue weighted by Crippen LogP contribution is -2.43. The minimum absolute atomic E-state index is 0. The summed E-state index contributed by atoms with van der Waals surface area (Å²) in [4.78, 5) is 11.6. The average molecular weight is 273 g/mol. The Kier molecular flexibility index (Phi) is 8.37. The highest BCUT2D eigenvalue weighted by atomic mass is 35.5. The van der Waals surface area contributed by atoms with Crippen LogP contribution in [-0.4, -0.2) is 25.7 Å². The second kappa shape index (κ2) is 8.91. The van der Waals surface area contributed by atoms with E-state index >= 15 is 0 Å². The Bertz CT molecular complexity index is 372. The molecule has 0 aliphatic rings. The van der Waals surface area contributed by atoms with Crippen LogP contribution < -0.4 is 11.1 Å². The van der Waals surface area contributed by atoms with E-state index in [-0.39, 0.29) is 24.9 Å². The van der Waals surface area contributed by atoms with E-state index in [9.17, 15) is 4.79 Å². The smallest absolute Gasteiger partial charge is 0.239 e. The lowest BCUT2D eigenvalue weighted by molar-refractivity contribution is -0.123. The number of hydrogen-bond acceptors (Lipinski definition) is 3. The summed E-state index contributed by atoms with van der Waals surface area (Å²) in [6.45, 7) is 2.85. The Morgan fingerprint density at radius 3 is 2.56 bits per heavy atom. The van der Waals surface area contributed by atoms with Gasteiger partial charge in [0.15, 0.2) is 0 Å². The second-order valence-corrected chi connectivity index (χ2v) is 3.90. The number of benzene rings is 1. The summed E-state index contributed by atoms with van der Waals surface area (Å²) in [5.41, 5.74) is 8.00. The predicted octanol–water partition coefficient (Wildman–Crippen LogP) is 1.26. The normalized spacial score (nSPS) is 11.5. The van der Waals surface area contributed by atoms with Crippen molar-refractivity contribution in [3.63, 3.8) is 0 Å². The number of nitrogens with one attached hydrogen (secondary N) is 1. The standard InChI is InChI=1S/C13H20N2O2.ClH/c1-3-10-6-4-5-7-11(10)8-15-13(16)12(14)9-17-2;/h4-7,12H,3,8-9,14H2,1-2H3,(H,15,16);1H. The molecular weight excluding hydrogens is 252 g/mol. The fraction of sp³-hybridized carbons (Fsp3) is 0.462. The van der Waals surface area contributed by atoms with Gasteiger partial charge in [-0.1, -0.05) is 31.2 Å². The maximum Gasteiger partial charge on any atom is 0.239 e. The van der Waals surface area contributed by atoms with Crippen molar-refractivity contribution in [3.05, 3.63) is 35.4 Å². The van der Waals surface area contributed by atoms with Crippen LogP contribution >= 0.6 is 12.4 Å². The first-order chi connectivity index (χ1) is 8.19. The molecule has 0 radical (unpaired) electrons. The highest BCUT2D eigenvalue weighted by Gasteiger charge is 2.12. The zero-order valence-electron chi connectivity index (χ0n) is 10.8. The fourth-order valence-corrected chi connectivity index (χ4v) is 1.64. The molecule has 4 nitrogen and oxygen atoms in total. The van der Waals surface area contributed by atoms with Crippen molar-refractivity contribution in [1.29, 1.82) is 0 Å². The van der Waals surface area contributed by atoms with E-state index in [0.29, 0.717) is 6.54 Å². The molecule has 0 fully saturated rings. The minimum atomic E-state index is -0.603. The Balaban J connectivity index is 0.00000289. The van der Waals surface area contributed by atoms with E-state index in [1.54, 1.807) is 0 Å². The molecule has 102 valence electrons. The monoisotopic (exact) mass is 272 g/mol. The summed E-state index contributed by atoms with van der Waals surface area (Å²) in [7, 11) is 1.53. The second-order valence-electron chi connectivity index (χ2n) is 3.90. The topological polar surface area (TPSA) is 64.4 Å². The maximum atomic E-state index is 11.6. The summed E-state index contributed by atoms with van der Waals surface area (Å²) >= 11 is 0. The van der Waals surface area contributed by atoms with Gasteiger partial charge in [-0.2, -0.15) is 0 Å². The molecule has 1 atom stereocenters. The van der Waals surface area contributed by atoms with Crippen LogP contribution in [-0.2, 0) is 22.5 Å². The van der Waals surface area contributed by atoms with Crippen molar-refractivity contribution in [2.24, 2.45) is 5.73 Å². The molecule has 0 saturated heterocycles. The molecule has 1 aromatic rings. The Hall–Kier alpha value is -1.10. The molecular formula is C13H21ClN2O2. The number of carbonyl (C=O) groups excluding carboxylic acids is 1. The zero-order chi connectivity index (χ0) is 12.7. The molecule has 1 amide bonds. The van der Waals surface area contributed by atoms with E-state index in [1.165, 1.54) is 12.7 Å². The number of hydrogen-bond donors (Lipinski definition) is 2. The van der Waals surface area contributed by atoms with Gasteiger partial charge < -0.3 is 15.8 Å². The van der Waals surface area contributed by atoms with Gasteiger partial charge in [-0.25, -0.2) is 0 Å². The first-order valence-corrected chi connectivity index (χ1v) is 5.78. The van der Waals surface area contributed by atoms with Gasteiger partial charge in [0, 0.05) is 13.7 Å². The van der Waals surface area contributed by atoms with Crippen LogP contribution in [0, 0.1) is 0 Å². The molecule has 0 heterocycles. The lowest BCUT2D eigenvalue weighted by atomic mass is 10.1. The van der Waals surface area contributed by atoms with Crippen molar-refractivity contribution in [1.82, 2.24) is 5.32 Å². The van der Waals surface area contributed by atoms with Crippen LogP contribution in [0.3, 0.4) is 0 Å². The fourth-order valence-electron chi connectivity index (χ4n) is 1.64. The molecule has 0 aliphatic carbocycles. The van der Waals surface area contributed by atoms with Gasteiger partial charge in [-0.3, -0.25) is 4.79 Å². The number of amides is 1. The molecule has 0 spiro atoms. The quantitative estimate of drug-likeness (QED) is 0.819. The number of methoxy groups -OCH3 is 1. The molecule has 0 saturated carbocycles. The van der Waals surface area contributed by atoms with E-state index in [4.69, 9.17) is 10.5 Å². The highest BCUT2D eigenvalue weighted by Crippen LogP contribution is 2.08. The maximum absolute atomic E-state index is 11.6. The molecule has 0 aliphatic heterocycles. The summed E-state index contributed by atoms with van der Waals surface area (Å²) < 4.78 is 4.84. The Morgan fingerprint density at radius 2 is 2.00 bits per heavy atom. The first kappa shape index (κ1) is 16.9. The molecule has 18 heavy (non-hydrogen) atoms. The van der Waals surface area contributed by atoms with Crippen molar-refractivity contribution in [2.75, 3.05) is 13.7 Å². The zero-order valence-corrected chi connectivity index (χ0v) is 11.6. The molecule has 1 aromatic carbocycles. The number of rotatable bonds is 6. The van der Waals surface area contributed by atoms with Crippen LogP contribution in [0.1, 0.15) is 18.1 Å². The third kappa shape index (κ3) is 5.04. The first-order valence-electron chi connectivity index (χ1n) is 5.78. The van der Waals surface area contributed by atoms with E-state index < -0.39 is 6.04 Å². The molecule has 5 heteroatoms. The van der Waals surface area contributed by atoms with Crippen LogP contribution in [0.5, 0.6) is 0 Å². The minimum Gasteiger partial charge on any atom is -0.383 e. The predicted molar refractivity (Wildman–Crippen MR) is 74.8 cm³/mol. The van der Waals surface area contributed by atoms with E-state index in [1.807, 2.05) is 18.2 Å². The largest absolute Gasteiger partial charge is 0.383 e. The third-order valence-electron chi connectivity index (χ3n) is 2.64. The van der Waals surface area contributed by atoms with Crippen molar-refractivity contribution >= 4 is 18.3 Å². The van der Waals surface area contributed by atoms with Gasteiger partial charge >= 0.3 is 0 Å². The molecule has 1 rings (SSSR count). The van der Waals surface area contributed by atoms with Gasteiger partial charge in [0.25, 0.3) is 0 Å². The SMILES string of the molecule is CCc1ccccc1CNC(=O)C(N)COC.Cl. The van der Waals surface area contributed by atoms with E-state index in [2.05, 4.69) is 18.3 Å². The van der Waals surface area contributed by atoms with Gasteiger partial charge in [0.05, 0.1) is 6.61 Å². The Morgan fingerprint density at radius 1 is 1.39 bits per heavy atom. The van der Waals surface area contributed by atoms with E-state index in [0.717, 1.165) is 12.0 Å². The summed E-state index contributed by atoms with van der Waals surface area (Å²) in [6, 6.07) is 7.45. The van der Waals surface area contributed by atoms with Crippen LogP contribution in [0.2, 0.25) is 0 Å². The highest BCUT2D eigenvalue weighted by molar-refractivity contribution is 5.85. The number of halogens is 1. The van der Waals surface area contributed by atoms with Crippen LogP contribution in [0.25, 0.3) is 0 Å². The number of ether oxygens (including phenoxy) is 1. The Labute approximate surface area is 114 Å². The number of nitrogens with two attached hydrogens (primary N) is 1. The van der Waals surface area contributed by atoms with Crippen LogP contribution in [0.4, 0.5) is 0 Å². The summed E-state index contributed by atoms with van der Waals surface area (Å²) in [5, 5.41) is 2.81. The summed E-state index contributed by atoms with van der Waals surface area (Å²) in [6.07, 6.45) is 0.955. The van der Waals surface area contributed by atoms with Gasteiger partial charge in [0.2, 0.25) is 5.91 Å². The van der Waals surface area contributed by atoms with Crippen molar-refractivity contribution in [2.45, 2.75) is 25.9 Å². The summed E-state index contributed by atoms with van der Waals surface area (Å²) in [5.74, 6) is -0.183. The van der Waals surface area contributed by atoms with Crippen molar-refractivity contribution < 1.29 is 9.53 Å². The average Bonchev–Trinajstić information content (AvgIpc) is 2.36. The molecule has 0 aromatic heterocycles. The number of carbonyl (C=O) groups is 1. The van der Waals surface area contributed by atoms with Gasteiger partial charge in [-0.05, 0) is 17.5 Å². The number of aryl methyl sites for hydroxylation is 1. The molecule has 3 N–H and O–H groups in total. The molecule has 1 unspecified atom stereocenters. The van der Waals surface area contributed by atoms with Crippen molar-refractivity contribution in [3.8, 4) is 0 Å². The molecule has 0 bridgehead atoms. The lowest BCUT2D eigenvalue weighted by Gasteiger charge is -2.13. The van der Waals surface area contributed by atoms with Gasteiger partial charge in [-0.15, -0.1) is 12.4 Å². The van der Waals surface area contributed by atoms with Crippen LogP contribution in [0.15, 0.2) is 24.3 Å². The third-order valence-corrected chi connectivity index (χ3v) is 2.64.